The number of hydrogen-bond donors (Lipinski definition) is 0. The molecule has 0 atom stereocenters. The molecule has 0 unspecified atom stereocenters. The quantitative estimate of drug-likeness (QED) is 0.170. The Kier molecular flexibility index (Phi) is 7.54. The van der Waals surface area contributed by atoms with Crippen molar-refractivity contribution in [1.82, 2.24) is 4.57 Å². The van der Waals surface area contributed by atoms with E-state index in [1.54, 1.807) is 12.1 Å². The molecule has 3 aromatic rings. The zero-order valence-electron chi connectivity index (χ0n) is 19.0. The number of fused-ring (bicyclic) bond motifs is 3. The normalized spacial score (nSPS) is 14.8. The minimum atomic E-state index is -7.87. The fraction of sp³-hybridized carbons (Fsp3) is 0.417. The average Bonchev–Trinajstić information content (AvgIpc) is 3.14. The number of alkyl halides is 13. The van der Waals surface area contributed by atoms with Crippen LogP contribution in [0.4, 0.5) is 57.1 Å². The molecule has 14 heteroatoms. The van der Waals surface area contributed by atoms with Crippen molar-refractivity contribution in [3.8, 4) is 0 Å². The Balaban J connectivity index is 1.70. The van der Waals surface area contributed by atoms with Gasteiger partial charge in [0.05, 0.1) is 0 Å². The Hall–Kier alpha value is -2.93. The molecule has 1 nitrogen and oxygen atoms in total. The number of aromatic nitrogens is 1. The van der Waals surface area contributed by atoms with E-state index in [1.165, 1.54) is 6.08 Å². The summed E-state index contributed by atoms with van der Waals surface area (Å²) in [6, 6.07) is 14.6. The molecule has 38 heavy (non-hydrogen) atoms. The van der Waals surface area contributed by atoms with E-state index >= 15 is 0 Å². The molecular formula is C24H18F13N. The highest BCUT2D eigenvalue weighted by Gasteiger charge is 2.90. The number of nitrogens with zero attached hydrogens (tertiary/aromatic N) is 1. The van der Waals surface area contributed by atoms with Gasteiger partial charge in [-0.25, -0.2) is 0 Å². The lowest BCUT2D eigenvalue weighted by Crippen LogP contribution is -2.70. The van der Waals surface area contributed by atoms with Gasteiger partial charge in [0.1, 0.15) is 0 Å². The van der Waals surface area contributed by atoms with Gasteiger partial charge in [-0.2, -0.15) is 57.1 Å². The first-order valence-corrected chi connectivity index (χ1v) is 10.9. The van der Waals surface area contributed by atoms with Crippen molar-refractivity contribution in [2.75, 3.05) is 0 Å². The molecular weight excluding hydrogens is 549 g/mol. The van der Waals surface area contributed by atoms with Gasteiger partial charge in [-0.15, -0.1) is 0 Å². The zero-order chi connectivity index (χ0) is 28.8. The summed E-state index contributed by atoms with van der Waals surface area (Å²) in [7, 11) is 0. The second-order valence-corrected chi connectivity index (χ2v) is 8.48. The number of hydrogen-bond acceptors (Lipinski definition) is 0. The summed E-state index contributed by atoms with van der Waals surface area (Å²) in [5, 5.41) is 1.84. The number of para-hydroxylation sites is 2. The Labute approximate surface area is 206 Å². The third-order valence-corrected chi connectivity index (χ3v) is 5.99. The summed E-state index contributed by atoms with van der Waals surface area (Å²) in [6.07, 6.45) is -8.51. The molecule has 1 heterocycles. The number of halogens is 13. The maximum atomic E-state index is 13.9. The SMILES string of the molecule is FC(F)(F)C(F)(F)C(F)(F)C(F)(F)C(F)(F)C(F)(F)CC/C=C/CCn1c2ccccc2c2ccccc21. The van der Waals surface area contributed by atoms with Crippen LogP contribution < -0.4 is 0 Å². The van der Waals surface area contributed by atoms with E-state index in [0.29, 0.717) is 0 Å². The lowest BCUT2D eigenvalue weighted by atomic mass is 9.92. The van der Waals surface area contributed by atoms with Crippen molar-refractivity contribution in [3.63, 3.8) is 0 Å². The molecule has 0 saturated heterocycles. The molecule has 0 aliphatic heterocycles. The third kappa shape index (κ3) is 4.59. The van der Waals surface area contributed by atoms with E-state index in [-0.39, 0.29) is 13.0 Å². The first-order chi connectivity index (χ1) is 17.3. The number of aryl methyl sites for hydroxylation is 1. The molecule has 0 spiro atoms. The highest BCUT2D eigenvalue weighted by atomic mass is 19.4. The molecule has 0 fully saturated rings. The number of benzene rings is 2. The van der Waals surface area contributed by atoms with Gasteiger partial charge in [0.15, 0.2) is 0 Å². The van der Waals surface area contributed by atoms with Gasteiger partial charge < -0.3 is 4.57 Å². The molecule has 0 radical (unpaired) electrons. The van der Waals surface area contributed by atoms with Crippen LogP contribution >= 0.6 is 0 Å². The van der Waals surface area contributed by atoms with Crippen molar-refractivity contribution in [1.29, 1.82) is 0 Å². The smallest absolute Gasteiger partial charge is 0.340 e. The van der Waals surface area contributed by atoms with Crippen LogP contribution in [-0.2, 0) is 6.54 Å². The molecule has 0 bridgehead atoms. The van der Waals surface area contributed by atoms with E-state index in [0.717, 1.165) is 27.9 Å². The fourth-order valence-electron chi connectivity index (χ4n) is 3.91. The van der Waals surface area contributed by atoms with Crippen molar-refractivity contribution < 1.29 is 57.1 Å². The van der Waals surface area contributed by atoms with Crippen LogP contribution in [0.25, 0.3) is 21.8 Å². The lowest BCUT2D eigenvalue weighted by molar-refractivity contribution is -0.440. The van der Waals surface area contributed by atoms with E-state index in [4.69, 9.17) is 0 Å². The number of rotatable bonds is 10. The third-order valence-electron chi connectivity index (χ3n) is 5.99. The highest BCUT2D eigenvalue weighted by molar-refractivity contribution is 6.07. The summed E-state index contributed by atoms with van der Waals surface area (Å²) in [5.74, 6) is -36.6. The minimum Gasteiger partial charge on any atom is -0.340 e. The molecule has 0 N–H and O–H groups in total. The van der Waals surface area contributed by atoms with Crippen LogP contribution in [0.1, 0.15) is 19.3 Å². The van der Waals surface area contributed by atoms with Crippen molar-refractivity contribution >= 4 is 21.8 Å². The maximum Gasteiger partial charge on any atom is 0.460 e. The predicted octanol–water partition coefficient (Wildman–Crippen LogP) is 9.26. The van der Waals surface area contributed by atoms with E-state index in [1.807, 2.05) is 41.0 Å². The number of allylic oxidation sites excluding steroid dienone is 2. The first-order valence-electron chi connectivity index (χ1n) is 10.9. The molecule has 2 aromatic carbocycles. The second kappa shape index (κ2) is 9.67. The second-order valence-electron chi connectivity index (χ2n) is 8.48. The topological polar surface area (TPSA) is 4.93 Å². The van der Waals surface area contributed by atoms with Gasteiger partial charge in [0.25, 0.3) is 0 Å². The van der Waals surface area contributed by atoms with E-state index in [2.05, 4.69) is 0 Å². The summed E-state index contributed by atoms with van der Waals surface area (Å²) in [4.78, 5) is 0. The molecule has 1 aromatic heterocycles. The van der Waals surface area contributed by atoms with Crippen LogP contribution in [-0.4, -0.2) is 40.4 Å². The molecule has 0 aliphatic carbocycles. The fourth-order valence-corrected chi connectivity index (χ4v) is 3.91. The summed E-state index contributed by atoms with van der Waals surface area (Å²) >= 11 is 0. The minimum absolute atomic E-state index is 0.136. The lowest BCUT2D eigenvalue weighted by Gasteiger charge is -2.39. The van der Waals surface area contributed by atoms with Crippen LogP contribution in [0.15, 0.2) is 60.7 Å². The van der Waals surface area contributed by atoms with E-state index in [9.17, 15) is 57.1 Å². The van der Waals surface area contributed by atoms with Crippen molar-refractivity contribution in [2.45, 2.75) is 61.6 Å². The molecule has 0 amide bonds. The van der Waals surface area contributed by atoms with Crippen molar-refractivity contribution in [3.05, 3.63) is 60.7 Å². The molecule has 0 aliphatic rings. The van der Waals surface area contributed by atoms with Crippen LogP contribution in [0.2, 0.25) is 0 Å². The van der Waals surface area contributed by atoms with Gasteiger partial charge in [0, 0.05) is 34.8 Å². The van der Waals surface area contributed by atoms with Gasteiger partial charge in [0.2, 0.25) is 0 Å². The molecule has 3 rings (SSSR count). The maximum absolute atomic E-state index is 13.9. The average molecular weight is 567 g/mol. The first kappa shape index (κ1) is 29.6. The largest absolute Gasteiger partial charge is 0.460 e. The highest BCUT2D eigenvalue weighted by Crippen LogP contribution is 2.60. The summed E-state index contributed by atoms with van der Waals surface area (Å²) < 4.78 is 173. The Morgan fingerprint density at radius 2 is 0.947 bits per heavy atom. The van der Waals surface area contributed by atoms with Crippen LogP contribution in [0, 0.1) is 0 Å². The van der Waals surface area contributed by atoms with Crippen molar-refractivity contribution in [2.24, 2.45) is 0 Å². The van der Waals surface area contributed by atoms with Crippen LogP contribution in [0.5, 0.6) is 0 Å². The van der Waals surface area contributed by atoms with E-state index < -0.39 is 48.6 Å². The molecule has 210 valence electrons. The van der Waals surface area contributed by atoms with Gasteiger partial charge in [-0.05, 0) is 25.0 Å². The predicted molar refractivity (Wildman–Crippen MR) is 113 cm³/mol. The summed E-state index contributed by atoms with van der Waals surface area (Å²) in [6.45, 7) is 0.272. The Morgan fingerprint density at radius 1 is 0.526 bits per heavy atom. The van der Waals surface area contributed by atoms with Crippen LogP contribution in [0.3, 0.4) is 0 Å². The monoisotopic (exact) mass is 567 g/mol. The van der Waals surface area contributed by atoms with Gasteiger partial charge in [-0.3, -0.25) is 0 Å². The molecule has 0 saturated carbocycles. The summed E-state index contributed by atoms with van der Waals surface area (Å²) in [5.41, 5.74) is 1.65. The Morgan fingerprint density at radius 3 is 1.42 bits per heavy atom. The van der Waals surface area contributed by atoms with Gasteiger partial charge in [-0.1, -0.05) is 48.6 Å². The standard InChI is InChI=1S/C24H18F13N/c25-19(26,20(27,28)21(29,30)22(31,32)23(33,34)24(35,36)37)13-7-1-2-8-14-38-17-11-5-3-9-15(17)16-10-4-6-12-18(16)38/h1-6,9-12H,7-8,13-14H2/b2-1+. The Bertz CT molecular complexity index is 1250. The van der Waals surface area contributed by atoms with Gasteiger partial charge >= 0.3 is 35.8 Å². The zero-order valence-corrected chi connectivity index (χ0v) is 19.0.